The summed E-state index contributed by atoms with van der Waals surface area (Å²) in [5, 5.41) is -0.897. The maximum Gasteiger partial charge on any atom is 0.237 e. The van der Waals surface area contributed by atoms with E-state index in [1.807, 2.05) is 0 Å². The Morgan fingerprint density at radius 1 is 1.53 bits per heavy atom. The molecule has 1 saturated heterocycles. The van der Waals surface area contributed by atoms with Gasteiger partial charge in [-0.05, 0) is 18.6 Å². The summed E-state index contributed by atoms with van der Waals surface area (Å²) < 4.78 is 27.8. The summed E-state index contributed by atoms with van der Waals surface area (Å²) in [6.07, 6.45) is 1.44. The number of hydrogen-bond donors (Lipinski definition) is 0. The Morgan fingerprint density at radius 2 is 2.21 bits per heavy atom. The molecule has 2 heterocycles. The molecule has 104 valence electrons. The minimum atomic E-state index is -3.76. The monoisotopic (exact) mass is 304 g/mol. The van der Waals surface area contributed by atoms with Gasteiger partial charge in [-0.25, -0.2) is 13.4 Å². The van der Waals surface area contributed by atoms with Gasteiger partial charge in [0.1, 0.15) is 10.9 Å². The number of hydrogen-bond acceptors (Lipinski definition) is 5. The van der Waals surface area contributed by atoms with E-state index in [0.717, 1.165) is 5.56 Å². The first-order valence-corrected chi connectivity index (χ1v) is 7.95. The Morgan fingerprint density at radius 3 is 2.74 bits per heavy atom. The van der Waals surface area contributed by atoms with Gasteiger partial charge in [0, 0.05) is 29.8 Å². The SMILES string of the molecule is COc1nccc(C)c1N1CC(S(=O)(=O)Cl)CC1=O. The summed E-state index contributed by atoms with van der Waals surface area (Å²) in [7, 11) is 3.00. The molecule has 0 spiro atoms. The summed E-state index contributed by atoms with van der Waals surface area (Å²) >= 11 is 0. The fourth-order valence-electron chi connectivity index (χ4n) is 2.08. The lowest BCUT2D eigenvalue weighted by Crippen LogP contribution is -2.28. The van der Waals surface area contributed by atoms with Crippen molar-refractivity contribution in [3.05, 3.63) is 17.8 Å². The van der Waals surface area contributed by atoms with Crippen LogP contribution in [-0.4, -0.2) is 38.2 Å². The van der Waals surface area contributed by atoms with Crippen molar-refractivity contribution in [3.8, 4) is 5.88 Å². The van der Waals surface area contributed by atoms with E-state index in [2.05, 4.69) is 4.98 Å². The predicted octanol–water partition coefficient (Wildman–Crippen LogP) is 1.07. The van der Waals surface area contributed by atoms with Crippen LogP contribution in [-0.2, 0) is 13.8 Å². The summed E-state index contributed by atoms with van der Waals surface area (Å²) in [6, 6.07) is 1.73. The van der Waals surface area contributed by atoms with Crippen LogP contribution in [0.1, 0.15) is 12.0 Å². The molecule has 0 saturated carbocycles. The maximum absolute atomic E-state index is 12.0. The van der Waals surface area contributed by atoms with Crippen LogP contribution in [0.15, 0.2) is 12.3 Å². The molecule has 0 aliphatic carbocycles. The Hall–Kier alpha value is -1.34. The van der Waals surface area contributed by atoms with E-state index in [4.69, 9.17) is 15.4 Å². The number of methoxy groups -OCH3 is 1. The fraction of sp³-hybridized carbons (Fsp3) is 0.455. The van der Waals surface area contributed by atoms with Gasteiger partial charge in [-0.3, -0.25) is 4.79 Å². The van der Waals surface area contributed by atoms with Crippen LogP contribution in [0.3, 0.4) is 0 Å². The van der Waals surface area contributed by atoms with Gasteiger partial charge in [0.05, 0.1) is 7.11 Å². The molecule has 1 unspecified atom stereocenters. The Kier molecular flexibility index (Phi) is 3.69. The smallest absolute Gasteiger partial charge is 0.237 e. The molecule has 1 aliphatic rings. The third kappa shape index (κ3) is 2.66. The number of ether oxygens (including phenoxy) is 1. The zero-order chi connectivity index (χ0) is 14.2. The topological polar surface area (TPSA) is 76.6 Å². The number of anilines is 1. The van der Waals surface area contributed by atoms with E-state index in [-0.39, 0.29) is 18.9 Å². The zero-order valence-corrected chi connectivity index (χ0v) is 12.0. The van der Waals surface area contributed by atoms with Crippen molar-refractivity contribution in [2.45, 2.75) is 18.6 Å². The van der Waals surface area contributed by atoms with E-state index in [0.29, 0.717) is 11.6 Å². The number of nitrogens with zero attached hydrogens (tertiary/aromatic N) is 2. The molecule has 0 radical (unpaired) electrons. The number of pyridine rings is 1. The van der Waals surface area contributed by atoms with Crippen LogP contribution >= 0.6 is 10.7 Å². The second-order valence-electron chi connectivity index (χ2n) is 4.29. The first-order chi connectivity index (χ1) is 8.84. The summed E-state index contributed by atoms with van der Waals surface area (Å²) in [6.45, 7) is 1.82. The summed E-state index contributed by atoms with van der Waals surface area (Å²) in [5.74, 6) is -0.00963. The predicted molar refractivity (Wildman–Crippen MR) is 71.1 cm³/mol. The van der Waals surface area contributed by atoms with Gasteiger partial charge in [-0.2, -0.15) is 0 Å². The first kappa shape index (κ1) is 14.1. The van der Waals surface area contributed by atoms with Crippen molar-refractivity contribution in [1.29, 1.82) is 0 Å². The second-order valence-corrected chi connectivity index (χ2v) is 7.20. The molecule has 1 aromatic rings. The highest BCUT2D eigenvalue weighted by molar-refractivity contribution is 8.14. The number of halogens is 1. The average molecular weight is 305 g/mol. The average Bonchev–Trinajstić information content (AvgIpc) is 2.70. The Labute approximate surface area is 115 Å². The quantitative estimate of drug-likeness (QED) is 0.781. The lowest BCUT2D eigenvalue weighted by Gasteiger charge is -2.20. The second kappa shape index (κ2) is 4.97. The van der Waals surface area contributed by atoms with Crippen LogP contribution in [0.4, 0.5) is 5.69 Å². The molecule has 0 bridgehead atoms. The van der Waals surface area contributed by atoms with Gasteiger partial charge >= 0.3 is 0 Å². The van der Waals surface area contributed by atoms with Crippen LogP contribution in [0.2, 0.25) is 0 Å². The molecule has 1 aromatic heterocycles. The van der Waals surface area contributed by atoms with E-state index < -0.39 is 14.3 Å². The van der Waals surface area contributed by atoms with Crippen LogP contribution in [0.5, 0.6) is 5.88 Å². The summed E-state index contributed by atoms with van der Waals surface area (Å²) in [4.78, 5) is 17.4. The van der Waals surface area contributed by atoms with Crippen molar-refractivity contribution < 1.29 is 17.9 Å². The Balaban J connectivity index is 2.41. The van der Waals surface area contributed by atoms with Crippen molar-refractivity contribution in [2.75, 3.05) is 18.6 Å². The van der Waals surface area contributed by atoms with Crippen molar-refractivity contribution in [3.63, 3.8) is 0 Å². The van der Waals surface area contributed by atoms with Crippen LogP contribution < -0.4 is 9.64 Å². The highest BCUT2D eigenvalue weighted by Crippen LogP contribution is 2.34. The van der Waals surface area contributed by atoms with Crippen molar-refractivity contribution in [1.82, 2.24) is 4.98 Å². The molecule has 0 N–H and O–H groups in total. The number of amides is 1. The zero-order valence-electron chi connectivity index (χ0n) is 10.5. The largest absolute Gasteiger partial charge is 0.480 e. The van der Waals surface area contributed by atoms with Gasteiger partial charge in [0.2, 0.25) is 20.8 Å². The standard InChI is InChI=1S/C11H13ClN2O4S/c1-7-3-4-13-11(18-2)10(7)14-6-8(5-9(14)15)19(12,16)17/h3-4,8H,5-6H2,1-2H3. The van der Waals surface area contributed by atoms with Crippen LogP contribution in [0, 0.1) is 6.92 Å². The van der Waals surface area contributed by atoms with Crippen LogP contribution in [0.25, 0.3) is 0 Å². The van der Waals surface area contributed by atoms with E-state index in [9.17, 15) is 13.2 Å². The van der Waals surface area contributed by atoms with Gasteiger partial charge in [0.25, 0.3) is 0 Å². The number of carbonyl (C=O) groups is 1. The van der Waals surface area contributed by atoms with E-state index in [1.54, 1.807) is 19.2 Å². The maximum atomic E-state index is 12.0. The number of aromatic nitrogens is 1. The lowest BCUT2D eigenvalue weighted by atomic mass is 10.2. The minimum absolute atomic E-state index is 0.0214. The highest BCUT2D eigenvalue weighted by Gasteiger charge is 2.39. The molecule has 1 amide bonds. The minimum Gasteiger partial charge on any atom is -0.480 e. The number of aryl methyl sites for hydroxylation is 1. The molecule has 2 rings (SSSR count). The molecular formula is C11H13ClN2O4S. The summed E-state index contributed by atoms with van der Waals surface area (Å²) in [5.41, 5.74) is 1.28. The van der Waals surface area contributed by atoms with Gasteiger partial charge in [0.15, 0.2) is 0 Å². The van der Waals surface area contributed by atoms with E-state index >= 15 is 0 Å². The molecule has 0 aromatic carbocycles. The third-order valence-electron chi connectivity index (χ3n) is 3.04. The lowest BCUT2D eigenvalue weighted by molar-refractivity contribution is -0.117. The molecule has 6 nitrogen and oxygen atoms in total. The van der Waals surface area contributed by atoms with Crippen molar-refractivity contribution >= 4 is 31.3 Å². The molecule has 8 heteroatoms. The molecule has 1 fully saturated rings. The van der Waals surface area contributed by atoms with Gasteiger partial charge < -0.3 is 9.64 Å². The van der Waals surface area contributed by atoms with Gasteiger partial charge in [-0.15, -0.1) is 0 Å². The third-order valence-corrected chi connectivity index (χ3v) is 4.91. The molecular weight excluding hydrogens is 292 g/mol. The molecule has 19 heavy (non-hydrogen) atoms. The highest BCUT2D eigenvalue weighted by atomic mass is 35.7. The number of rotatable bonds is 3. The normalized spacial score (nSPS) is 19.8. The number of carbonyl (C=O) groups excluding carboxylic acids is 1. The van der Waals surface area contributed by atoms with E-state index in [1.165, 1.54) is 12.0 Å². The van der Waals surface area contributed by atoms with Gasteiger partial charge in [-0.1, -0.05) is 0 Å². The van der Waals surface area contributed by atoms with Crippen molar-refractivity contribution in [2.24, 2.45) is 0 Å². The molecule has 1 aliphatic heterocycles. The fourth-order valence-corrected chi connectivity index (χ4v) is 3.11. The molecule has 1 atom stereocenters. The first-order valence-electron chi connectivity index (χ1n) is 5.58. The Bertz CT molecular complexity index is 617.